The number of carbonyl (C=O) groups is 1. The highest BCUT2D eigenvalue weighted by molar-refractivity contribution is 7.99. The second-order valence-electron chi connectivity index (χ2n) is 4.10. The maximum Gasteiger partial charge on any atom is 0.340 e. The molecule has 1 aromatic heterocycles. The summed E-state index contributed by atoms with van der Waals surface area (Å²) in [5.41, 5.74) is 6.69. The topological polar surface area (TPSA) is 65.2 Å². The summed E-state index contributed by atoms with van der Waals surface area (Å²) >= 11 is 1.57. The van der Waals surface area contributed by atoms with E-state index in [0.717, 1.165) is 12.2 Å². The molecule has 0 aliphatic heterocycles. The van der Waals surface area contributed by atoms with Gasteiger partial charge in [0.25, 0.3) is 0 Å². The molecule has 0 unspecified atom stereocenters. The zero-order valence-electron chi connectivity index (χ0n) is 10.4. The SMILES string of the molecule is COC(=O)c1ccnc(SCCC(C)C)c1N. The molecule has 2 N–H and O–H groups in total. The van der Waals surface area contributed by atoms with Crippen molar-refractivity contribution in [1.29, 1.82) is 0 Å². The van der Waals surface area contributed by atoms with Gasteiger partial charge in [-0.25, -0.2) is 9.78 Å². The Morgan fingerprint density at radius 2 is 2.29 bits per heavy atom. The first kappa shape index (κ1) is 13.8. The van der Waals surface area contributed by atoms with Crippen molar-refractivity contribution in [3.63, 3.8) is 0 Å². The fourth-order valence-corrected chi connectivity index (χ4v) is 2.43. The summed E-state index contributed by atoms with van der Waals surface area (Å²) < 4.78 is 4.66. The van der Waals surface area contributed by atoms with Crippen LogP contribution in [0.25, 0.3) is 0 Å². The third-order valence-electron chi connectivity index (χ3n) is 2.29. The lowest BCUT2D eigenvalue weighted by Crippen LogP contribution is -2.07. The quantitative estimate of drug-likeness (QED) is 0.646. The van der Waals surface area contributed by atoms with E-state index in [1.165, 1.54) is 7.11 Å². The Labute approximate surface area is 106 Å². The summed E-state index contributed by atoms with van der Waals surface area (Å²) in [6.45, 7) is 4.34. The Kier molecular flexibility index (Phi) is 5.28. The number of esters is 1. The number of methoxy groups -OCH3 is 1. The third kappa shape index (κ3) is 3.93. The van der Waals surface area contributed by atoms with Crippen LogP contribution in [0.3, 0.4) is 0 Å². The summed E-state index contributed by atoms with van der Waals surface area (Å²) in [5.74, 6) is 1.17. The Bertz CT molecular complexity index is 394. The molecule has 0 aliphatic carbocycles. The summed E-state index contributed by atoms with van der Waals surface area (Å²) in [7, 11) is 1.34. The zero-order chi connectivity index (χ0) is 12.8. The Hall–Kier alpha value is -1.23. The summed E-state index contributed by atoms with van der Waals surface area (Å²) in [6, 6.07) is 1.58. The number of ether oxygens (including phenoxy) is 1. The number of nitrogen functional groups attached to an aromatic ring is 1. The van der Waals surface area contributed by atoms with Crippen molar-refractivity contribution in [1.82, 2.24) is 4.98 Å². The van der Waals surface area contributed by atoms with Gasteiger partial charge in [0, 0.05) is 6.20 Å². The Morgan fingerprint density at radius 3 is 2.88 bits per heavy atom. The van der Waals surface area contributed by atoms with Crippen LogP contribution in [0.1, 0.15) is 30.6 Å². The van der Waals surface area contributed by atoms with Gasteiger partial charge in [0.15, 0.2) is 0 Å². The highest BCUT2D eigenvalue weighted by Gasteiger charge is 2.13. The fraction of sp³-hybridized carbons (Fsp3) is 0.500. The highest BCUT2D eigenvalue weighted by atomic mass is 32.2. The molecule has 5 heteroatoms. The predicted octanol–water partition coefficient (Wildman–Crippen LogP) is 2.59. The molecule has 0 spiro atoms. The molecule has 17 heavy (non-hydrogen) atoms. The molecule has 1 rings (SSSR count). The minimum atomic E-state index is -0.421. The molecule has 0 fully saturated rings. The standard InChI is InChI=1S/C12H18N2O2S/c1-8(2)5-7-17-11-10(13)9(4-6-14-11)12(15)16-3/h4,6,8H,5,7,13H2,1-3H3. The lowest BCUT2D eigenvalue weighted by molar-refractivity contribution is 0.0601. The molecule has 0 bridgehead atoms. The predicted molar refractivity (Wildman–Crippen MR) is 70.2 cm³/mol. The van der Waals surface area contributed by atoms with Crippen molar-refractivity contribution in [2.75, 3.05) is 18.6 Å². The van der Waals surface area contributed by atoms with E-state index < -0.39 is 5.97 Å². The fourth-order valence-electron chi connectivity index (χ4n) is 1.25. The molecule has 0 radical (unpaired) electrons. The number of aromatic nitrogens is 1. The van der Waals surface area contributed by atoms with Crippen molar-refractivity contribution in [3.8, 4) is 0 Å². The smallest absolute Gasteiger partial charge is 0.340 e. The van der Waals surface area contributed by atoms with E-state index in [9.17, 15) is 4.79 Å². The van der Waals surface area contributed by atoms with Gasteiger partial charge in [-0.2, -0.15) is 0 Å². The maximum absolute atomic E-state index is 11.4. The largest absolute Gasteiger partial charge is 0.465 e. The third-order valence-corrected chi connectivity index (χ3v) is 3.33. The van der Waals surface area contributed by atoms with Gasteiger partial charge in [0.05, 0.1) is 18.4 Å². The summed E-state index contributed by atoms with van der Waals surface area (Å²) in [5, 5.41) is 0.702. The van der Waals surface area contributed by atoms with Gasteiger partial charge < -0.3 is 10.5 Å². The van der Waals surface area contributed by atoms with Gasteiger partial charge in [-0.15, -0.1) is 11.8 Å². The molecular formula is C12H18N2O2S. The number of hydrogen-bond donors (Lipinski definition) is 1. The average Bonchev–Trinajstić information content (AvgIpc) is 2.30. The van der Waals surface area contributed by atoms with E-state index in [1.807, 2.05) is 0 Å². The average molecular weight is 254 g/mol. The van der Waals surface area contributed by atoms with Crippen molar-refractivity contribution >= 4 is 23.4 Å². The first-order chi connectivity index (χ1) is 8.06. The van der Waals surface area contributed by atoms with Crippen LogP contribution in [0.4, 0.5) is 5.69 Å². The lowest BCUT2D eigenvalue weighted by atomic mass is 10.2. The van der Waals surface area contributed by atoms with Crippen LogP contribution in [0, 0.1) is 5.92 Å². The molecule has 4 nitrogen and oxygen atoms in total. The van der Waals surface area contributed by atoms with Crippen molar-refractivity contribution in [2.45, 2.75) is 25.3 Å². The number of nitrogens with two attached hydrogens (primary N) is 1. The monoisotopic (exact) mass is 254 g/mol. The van der Waals surface area contributed by atoms with E-state index in [1.54, 1.807) is 24.0 Å². The molecule has 0 amide bonds. The molecule has 0 aromatic carbocycles. The van der Waals surface area contributed by atoms with Crippen LogP contribution < -0.4 is 5.73 Å². The second kappa shape index (κ2) is 6.49. The molecule has 0 saturated carbocycles. The molecule has 1 heterocycles. The van der Waals surface area contributed by atoms with Gasteiger partial charge >= 0.3 is 5.97 Å². The number of nitrogens with zero attached hydrogens (tertiary/aromatic N) is 1. The van der Waals surface area contributed by atoms with E-state index in [4.69, 9.17) is 5.73 Å². The number of thioether (sulfide) groups is 1. The van der Waals surface area contributed by atoms with Crippen LogP contribution in [0.2, 0.25) is 0 Å². The first-order valence-corrected chi connectivity index (χ1v) is 6.50. The van der Waals surface area contributed by atoms with Gasteiger partial charge in [-0.05, 0) is 24.2 Å². The maximum atomic E-state index is 11.4. The molecular weight excluding hydrogens is 236 g/mol. The first-order valence-electron chi connectivity index (χ1n) is 5.51. The number of hydrogen-bond acceptors (Lipinski definition) is 5. The van der Waals surface area contributed by atoms with Gasteiger partial charge in [0.2, 0.25) is 0 Å². The van der Waals surface area contributed by atoms with E-state index >= 15 is 0 Å². The second-order valence-corrected chi connectivity index (χ2v) is 5.18. The normalized spacial score (nSPS) is 10.6. The van der Waals surface area contributed by atoms with Crippen LogP contribution in [-0.2, 0) is 4.74 Å². The number of anilines is 1. The lowest BCUT2D eigenvalue weighted by Gasteiger charge is -2.09. The minimum absolute atomic E-state index is 0.384. The minimum Gasteiger partial charge on any atom is -0.465 e. The molecule has 0 atom stereocenters. The van der Waals surface area contributed by atoms with Crippen LogP contribution in [0.15, 0.2) is 17.3 Å². The molecule has 0 aliphatic rings. The van der Waals surface area contributed by atoms with E-state index in [0.29, 0.717) is 22.2 Å². The summed E-state index contributed by atoms with van der Waals surface area (Å²) in [6.07, 6.45) is 2.68. The van der Waals surface area contributed by atoms with Crippen LogP contribution in [0.5, 0.6) is 0 Å². The van der Waals surface area contributed by atoms with E-state index in [-0.39, 0.29) is 0 Å². The van der Waals surface area contributed by atoms with E-state index in [2.05, 4.69) is 23.6 Å². The van der Waals surface area contributed by atoms with Crippen molar-refractivity contribution < 1.29 is 9.53 Å². The van der Waals surface area contributed by atoms with Crippen molar-refractivity contribution in [2.24, 2.45) is 5.92 Å². The Balaban J connectivity index is 2.76. The Morgan fingerprint density at radius 1 is 1.59 bits per heavy atom. The van der Waals surface area contributed by atoms with Crippen molar-refractivity contribution in [3.05, 3.63) is 17.8 Å². The number of pyridine rings is 1. The zero-order valence-corrected chi connectivity index (χ0v) is 11.2. The molecule has 0 saturated heterocycles. The van der Waals surface area contributed by atoms with Crippen LogP contribution in [-0.4, -0.2) is 23.8 Å². The van der Waals surface area contributed by atoms with Gasteiger partial charge in [0.1, 0.15) is 5.03 Å². The highest BCUT2D eigenvalue weighted by Crippen LogP contribution is 2.27. The van der Waals surface area contributed by atoms with Gasteiger partial charge in [-0.3, -0.25) is 0 Å². The number of carbonyl (C=O) groups excluding carboxylic acids is 1. The van der Waals surface area contributed by atoms with Gasteiger partial charge in [-0.1, -0.05) is 13.8 Å². The molecule has 1 aromatic rings. The summed E-state index contributed by atoms with van der Waals surface area (Å²) in [4.78, 5) is 15.6. The number of rotatable bonds is 5. The molecule has 94 valence electrons. The van der Waals surface area contributed by atoms with Crippen LogP contribution >= 0.6 is 11.8 Å².